The molecule has 51 heavy (non-hydrogen) atoms. The second kappa shape index (κ2) is 15.8. The van der Waals surface area contributed by atoms with Gasteiger partial charge in [0.15, 0.2) is 5.00 Å². The molecular weight excluding hydrogens is 656 g/mol. The maximum atomic E-state index is 14.3. The summed E-state index contributed by atoms with van der Waals surface area (Å²) in [6.45, 7) is 13.1. The van der Waals surface area contributed by atoms with Gasteiger partial charge in [-0.2, -0.15) is 0 Å². The average molecular weight is 705 g/mol. The number of carbonyl (C=O) groups is 1. The van der Waals surface area contributed by atoms with Crippen molar-refractivity contribution in [2.45, 2.75) is 55.6 Å². The number of thiol groups is 1. The quantitative estimate of drug-likeness (QED) is 0.101. The highest BCUT2D eigenvalue weighted by molar-refractivity contribution is 7.81. The molecule has 1 aliphatic carbocycles. The minimum Gasteiger partial charge on any atom is -0.499 e. The molecule has 2 atom stereocenters. The lowest BCUT2D eigenvalue weighted by Gasteiger charge is -2.43. The standard InChI is InChI=1S/C43H49FN4O2S/c1-31(38-15-9-10-16-39(38)33-17-19-35(20-18-33)42(3,44)51)45-36-21-23-37(24-22-36)47-27-29-48(30-28-47)40(34-13-7-5-8-14-34)41(49)46-43(32(2)50-4)25-11-6-12-26-43/h5,7-10,13-24,40,45,51H,1-2,6,11-12,25-30H2,3-4H3,(H,46,49). The minimum absolute atomic E-state index is 0.00408. The third-order valence-electron chi connectivity index (χ3n) is 10.4. The van der Waals surface area contributed by atoms with Gasteiger partial charge in [-0.1, -0.05) is 111 Å². The van der Waals surface area contributed by atoms with E-state index in [1.165, 1.54) is 6.92 Å². The number of hydrogen-bond donors (Lipinski definition) is 3. The van der Waals surface area contributed by atoms with E-state index in [1.807, 2.05) is 66.7 Å². The molecule has 2 aliphatic rings. The van der Waals surface area contributed by atoms with Gasteiger partial charge < -0.3 is 20.3 Å². The van der Waals surface area contributed by atoms with Crippen LogP contribution in [-0.4, -0.2) is 49.6 Å². The van der Waals surface area contributed by atoms with Crippen molar-refractivity contribution < 1.29 is 13.9 Å². The van der Waals surface area contributed by atoms with Crippen molar-refractivity contribution in [2.24, 2.45) is 0 Å². The van der Waals surface area contributed by atoms with Crippen LogP contribution < -0.4 is 15.5 Å². The van der Waals surface area contributed by atoms with Gasteiger partial charge in [0.1, 0.15) is 11.8 Å². The predicted octanol–water partition coefficient (Wildman–Crippen LogP) is 9.35. The Balaban J connectivity index is 1.11. The molecule has 0 spiro atoms. The first-order chi connectivity index (χ1) is 24.6. The number of alkyl halides is 1. The van der Waals surface area contributed by atoms with Crippen molar-refractivity contribution in [1.82, 2.24) is 10.2 Å². The molecule has 1 saturated carbocycles. The Hall–Kier alpha value is -4.53. The Bertz CT molecular complexity index is 1810. The topological polar surface area (TPSA) is 56.8 Å². The van der Waals surface area contributed by atoms with Crippen molar-refractivity contribution in [2.75, 3.05) is 43.5 Å². The number of nitrogens with zero attached hydrogens (tertiary/aromatic N) is 2. The number of anilines is 2. The third kappa shape index (κ3) is 8.35. The molecule has 1 amide bonds. The number of amides is 1. The molecule has 266 valence electrons. The van der Waals surface area contributed by atoms with Crippen LogP contribution in [0, 0.1) is 0 Å². The molecule has 1 saturated heterocycles. The summed E-state index contributed by atoms with van der Waals surface area (Å²) in [5.74, 6) is 0.647. The zero-order valence-corrected chi connectivity index (χ0v) is 30.6. The number of benzene rings is 4. The Morgan fingerprint density at radius 2 is 1.49 bits per heavy atom. The second-order valence-electron chi connectivity index (χ2n) is 13.8. The van der Waals surface area contributed by atoms with Crippen molar-refractivity contribution >= 4 is 35.6 Å². The van der Waals surface area contributed by atoms with Gasteiger partial charge in [0.2, 0.25) is 5.91 Å². The van der Waals surface area contributed by atoms with E-state index in [9.17, 15) is 9.18 Å². The van der Waals surface area contributed by atoms with E-state index in [0.29, 0.717) is 11.3 Å². The van der Waals surface area contributed by atoms with E-state index < -0.39 is 16.6 Å². The lowest BCUT2D eigenvalue weighted by atomic mass is 9.80. The summed E-state index contributed by atoms with van der Waals surface area (Å²) in [6.07, 6.45) is 4.93. The summed E-state index contributed by atoms with van der Waals surface area (Å²) in [5, 5.41) is 5.22. The molecule has 1 aliphatic heterocycles. The number of halogens is 1. The molecular formula is C43H49FN4O2S. The van der Waals surface area contributed by atoms with Gasteiger partial charge in [0, 0.05) is 48.8 Å². The molecule has 4 aromatic rings. The average Bonchev–Trinajstić information content (AvgIpc) is 3.15. The normalized spacial score (nSPS) is 17.8. The van der Waals surface area contributed by atoms with E-state index in [0.717, 1.165) is 97.6 Å². The summed E-state index contributed by atoms with van der Waals surface area (Å²) in [7, 11) is 1.65. The Morgan fingerprint density at radius 3 is 2.12 bits per heavy atom. The van der Waals surface area contributed by atoms with E-state index >= 15 is 0 Å². The van der Waals surface area contributed by atoms with Gasteiger partial charge >= 0.3 is 0 Å². The van der Waals surface area contributed by atoms with Crippen LogP contribution in [0.5, 0.6) is 0 Å². The van der Waals surface area contributed by atoms with E-state index in [1.54, 1.807) is 19.2 Å². The minimum atomic E-state index is -1.69. The van der Waals surface area contributed by atoms with Gasteiger partial charge in [0.05, 0.1) is 12.6 Å². The van der Waals surface area contributed by atoms with Gasteiger partial charge in [-0.05, 0) is 66.3 Å². The Labute approximate surface area is 307 Å². The first-order valence-electron chi connectivity index (χ1n) is 17.8. The highest BCUT2D eigenvalue weighted by atomic mass is 32.1. The summed E-state index contributed by atoms with van der Waals surface area (Å²) in [4.78, 5) is 18.8. The molecule has 2 fully saturated rings. The Kier molecular flexibility index (Phi) is 11.2. The lowest BCUT2D eigenvalue weighted by Crippen LogP contribution is -2.56. The van der Waals surface area contributed by atoms with Crippen molar-refractivity contribution in [3.63, 3.8) is 0 Å². The van der Waals surface area contributed by atoms with Crippen molar-refractivity contribution in [1.29, 1.82) is 0 Å². The number of nitrogens with one attached hydrogen (secondary N) is 2. The van der Waals surface area contributed by atoms with Gasteiger partial charge in [-0.25, -0.2) is 4.39 Å². The number of piperazine rings is 1. The summed E-state index contributed by atoms with van der Waals surface area (Å²) < 4.78 is 20.0. The van der Waals surface area contributed by atoms with Crippen LogP contribution in [0.3, 0.4) is 0 Å². The number of carbonyl (C=O) groups excluding carboxylic acids is 1. The summed E-state index contributed by atoms with van der Waals surface area (Å²) in [6, 6.07) is 33.6. The zero-order valence-electron chi connectivity index (χ0n) is 29.7. The fraction of sp³-hybridized carbons (Fsp3) is 0.326. The molecule has 2 unspecified atom stereocenters. The van der Waals surface area contributed by atoms with Crippen LogP contribution in [-0.2, 0) is 14.5 Å². The first kappa shape index (κ1) is 36.3. The molecule has 8 heteroatoms. The van der Waals surface area contributed by atoms with Gasteiger partial charge in [-0.3, -0.25) is 9.69 Å². The monoisotopic (exact) mass is 704 g/mol. The smallest absolute Gasteiger partial charge is 0.242 e. The highest BCUT2D eigenvalue weighted by Gasteiger charge is 2.41. The van der Waals surface area contributed by atoms with Crippen LogP contribution >= 0.6 is 12.6 Å². The summed E-state index contributed by atoms with van der Waals surface area (Å²) >= 11 is 4.06. The van der Waals surface area contributed by atoms with Crippen molar-refractivity contribution in [3.05, 3.63) is 139 Å². The zero-order chi connectivity index (χ0) is 36.0. The van der Waals surface area contributed by atoms with Crippen LogP contribution in [0.2, 0.25) is 0 Å². The van der Waals surface area contributed by atoms with Gasteiger partial charge in [0.25, 0.3) is 0 Å². The van der Waals surface area contributed by atoms with Crippen LogP contribution in [0.25, 0.3) is 16.8 Å². The number of hydrogen-bond acceptors (Lipinski definition) is 6. The van der Waals surface area contributed by atoms with Crippen LogP contribution in [0.15, 0.2) is 122 Å². The maximum absolute atomic E-state index is 14.3. The van der Waals surface area contributed by atoms with Gasteiger partial charge in [-0.15, -0.1) is 12.6 Å². The molecule has 1 heterocycles. The highest BCUT2D eigenvalue weighted by Crippen LogP contribution is 2.36. The largest absolute Gasteiger partial charge is 0.499 e. The molecule has 6 nitrogen and oxygen atoms in total. The lowest BCUT2D eigenvalue weighted by molar-refractivity contribution is -0.129. The Morgan fingerprint density at radius 1 is 0.863 bits per heavy atom. The first-order valence-corrected chi connectivity index (χ1v) is 18.3. The molecule has 0 radical (unpaired) electrons. The molecule has 0 bridgehead atoms. The maximum Gasteiger partial charge on any atom is 0.242 e. The fourth-order valence-electron chi connectivity index (χ4n) is 7.48. The van der Waals surface area contributed by atoms with Crippen LogP contribution in [0.4, 0.5) is 15.8 Å². The molecule has 6 rings (SSSR count). The summed E-state index contributed by atoms with van der Waals surface area (Å²) in [5.41, 5.74) is 6.78. The predicted molar refractivity (Wildman–Crippen MR) is 211 cm³/mol. The second-order valence-corrected chi connectivity index (χ2v) is 14.7. The van der Waals surface area contributed by atoms with Crippen molar-refractivity contribution in [3.8, 4) is 11.1 Å². The molecule has 4 aromatic carbocycles. The number of rotatable bonds is 12. The SMILES string of the molecule is C=C(Nc1ccc(N2CCN(C(C(=O)NC3(C(=C)OC)CCCCC3)c3ccccc3)CC2)cc1)c1ccccc1-c1ccc(C(C)(F)S)cc1. The molecule has 2 N–H and O–H groups in total. The van der Waals surface area contributed by atoms with E-state index in [4.69, 9.17) is 4.74 Å². The van der Waals surface area contributed by atoms with E-state index in [2.05, 4.69) is 70.5 Å². The number of ether oxygens (including phenoxy) is 1. The van der Waals surface area contributed by atoms with E-state index in [-0.39, 0.29) is 5.91 Å². The molecule has 0 aromatic heterocycles. The third-order valence-corrected chi connectivity index (χ3v) is 10.7. The fourth-order valence-corrected chi connectivity index (χ4v) is 7.63. The number of methoxy groups -OCH3 is 1. The van der Waals surface area contributed by atoms with Crippen LogP contribution in [0.1, 0.15) is 61.8 Å².